The first-order chi connectivity index (χ1) is 10.6. The van der Waals surface area contributed by atoms with Crippen molar-refractivity contribution in [2.45, 2.75) is 13.0 Å². The highest BCUT2D eigenvalue weighted by molar-refractivity contribution is 6.03. The number of aryl methyl sites for hydroxylation is 2. The molecule has 2 heterocycles. The van der Waals surface area contributed by atoms with Crippen molar-refractivity contribution in [1.82, 2.24) is 25.3 Å². The van der Waals surface area contributed by atoms with Crippen LogP contribution in [0.15, 0.2) is 30.7 Å². The summed E-state index contributed by atoms with van der Waals surface area (Å²) < 4.78 is 1.67. The van der Waals surface area contributed by atoms with E-state index in [0.29, 0.717) is 5.69 Å². The molecule has 114 valence electrons. The lowest BCUT2D eigenvalue weighted by Gasteiger charge is -2.15. The number of hydrogen-bond acceptors (Lipinski definition) is 4. The number of aromatic amines is 1. The first kappa shape index (κ1) is 14.3. The van der Waals surface area contributed by atoms with Gasteiger partial charge in [-0.05, 0) is 25.6 Å². The molecule has 0 bridgehead atoms. The molecule has 0 fully saturated rings. The molecule has 1 unspecified atom stereocenters. The summed E-state index contributed by atoms with van der Waals surface area (Å²) in [7, 11) is 3.57. The number of nitrogens with zero attached hydrogens (tertiary/aromatic N) is 3. The molecule has 0 aliphatic carbocycles. The summed E-state index contributed by atoms with van der Waals surface area (Å²) in [6.45, 7) is 2.01. The van der Waals surface area contributed by atoms with Crippen LogP contribution in [0, 0.1) is 6.92 Å². The van der Waals surface area contributed by atoms with Gasteiger partial charge in [0.25, 0.3) is 0 Å². The predicted octanol–water partition coefficient (Wildman–Crippen LogP) is 1.50. The van der Waals surface area contributed by atoms with Gasteiger partial charge >= 0.3 is 0 Å². The van der Waals surface area contributed by atoms with Crippen LogP contribution in [0.25, 0.3) is 10.9 Å². The van der Waals surface area contributed by atoms with Gasteiger partial charge in [-0.1, -0.05) is 6.07 Å². The number of benzene rings is 1. The van der Waals surface area contributed by atoms with Gasteiger partial charge in [-0.2, -0.15) is 10.2 Å². The van der Waals surface area contributed by atoms with E-state index in [-0.39, 0.29) is 5.91 Å². The molecule has 0 aliphatic rings. The van der Waals surface area contributed by atoms with E-state index in [1.165, 1.54) is 0 Å². The third-order valence-electron chi connectivity index (χ3n) is 3.70. The minimum Gasteiger partial charge on any atom is -0.323 e. The largest absolute Gasteiger partial charge is 0.323 e. The Bertz CT molecular complexity index is 818. The van der Waals surface area contributed by atoms with Crippen molar-refractivity contribution in [3.63, 3.8) is 0 Å². The van der Waals surface area contributed by atoms with Crippen LogP contribution >= 0.6 is 0 Å². The number of hydrogen-bond donors (Lipinski definition) is 3. The molecule has 0 aliphatic heterocycles. The third kappa shape index (κ3) is 2.46. The van der Waals surface area contributed by atoms with E-state index in [2.05, 4.69) is 25.9 Å². The van der Waals surface area contributed by atoms with Gasteiger partial charge in [-0.25, -0.2) is 0 Å². The van der Waals surface area contributed by atoms with Crippen LogP contribution in [0.4, 0.5) is 5.69 Å². The fourth-order valence-corrected chi connectivity index (χ4v) is 2.52. The molecule has 2 aromatic heterocycles. The van der Waals surface area contributed by atoms with E-state index in [9.17, 15) is 4.79 Å². The van der Waals surface area contributed by atoms with Crippen LogP contribution in [0.5, 0.6) is 0 Å². The van der Waals surface area contributed by atoms with Crippen molar-refractivity contribution in [2.75, 3.05) is 12.4 Å². The molecular formula is C15H18N6O. The Balaban J connectivity index is 1.89. The molecule has 0 radical (unpaired) electrons. The fourth-order valence-electron chi connectivity index (χ4n) is 2.52. The van der Waals surface area contributed by atoms with Crippen molar-refractivity contribution in [2.24, 2.45) is 7.05 Å². The molecule has 3 N–H and O–H groups in total. The number of nitrogens with one attached hydrogen (secondary N) is 3. The van der Waals surface area contributed by atoms with Crippen LogP contribution in [0.3, 0.4) is 0 Å². The molecule has 1 amide bonds. The van der Waals surface area contributed by atoms with E-state index in [1.807, 2.05) is 32.3 Å². The molecule has 3 rings (SSSR count). The van der Waals surface area contributed by atoms with E-state index >= 15 is 0 Å². The molecule has 0 spiro atoms. The Morgan fingerprint density at radius 3 is 2.86 bits per heavy atom. The lowest BCUT2D eigenvalue weighted by atomic mass is 10.1. The fraction of sp³-hybridized carbons (Fsp3) is 0.267. The summed E-state index contributed by atoms with van der Waals surface area (Å²) in [5.74, 6) is -0.143. The number of likely N-dealkylation sites (N-methyl/N-ethyl adjacent to an activating group) is 1. The summed E-state index contributed by atoms with van der Waals surface area (Å²) in [6.07, 6.45) is 5.26. The lowest BCUT2D eigenvalue weighted by molar-refractivity contribution is -0.118. The number of rotatable bonds is 4. The van der Waals surface area contributed by atoms with E-state index in [0.717, 1.165) is 22.0 Å². The second kappa shape index (κ2) is 5.61. The number of carbonyl (C=O) groups excluding carboxylic acids is 1. The topological polar surface area (TPSA) is 87.6 Å². The van der Waals surface area contributed by atoms with Crippen molar-refractivity contribution in [1.29, 1.82) is 0 Å². The summed E-state index contributed by atoms with van der Waals surface area (Å²) in [5, 5.41) is 18.1. The van der Waals surface area contributed by atoms with Crippen LogP contribution in [-0.2, 0) is 11.8 Å². The molecule has 1 aromatic carbocycles. The summed E-state index contributed by atoms with van der Waals surface area (Å²) >= 11 is 0. The van der Waals surface area contributed by atoms with Gasteiger partial charge in [0.2, 0.25) is 5.91 Å². The van der Waals surface area contributed by atoms with Gasteiger partial charge in [0.05, 0.1) is 23.6 Å². The van der Waals surface area contributed by atoms with Crippen LogP contribution in [0.1, 0.15) is 17.2 Å². The predicted molar refractivity (Wildman–Crippen MR) is 84.5 cm³/mol. The monoisotopic (exact) mass is 298 g/mol. The minimum atomic E-state index is -0.465. The highest BCUT2D eigenvalue weighted by Crippen LogP contribution is 2.25. The highest BCUT2D eigenvalue weighted by Gasteiger charge is 2.21. The Kier molecular flexibility index (Phi) is 3.64. The average molecular weight is 298 g/mol. The molecular weight excluding hydrogens is 280 g/mol. The van der Waals surface area contributed by atoms with Gasteiger partial charge in [0, 0.05) is 24.2 Å². The molecule has 3 aromatic rings. The SMILES string of the molecule is CNC(C(=O)Nc1ccc(C)c2cn[nH]c12)c1cnn(C)c1. The second-order valence-corrected chi connectivity index (χ2v) is 5.25. The Morgan fingerprint density at radius 2 is 2.18 bits per heavy atom. The maximum Gasteiger partial charge on any atom is 0.246 e. The number of H-pyrrole nitrogens is 1. The normalized spacial score (nSPS) is 12.5. The van der Waals surface area contributed by atoms with Crippen molar-refractivity contribution >= 4 is 22.5 Å². The zero-order valence-corrected chi connectivity index (χ0v) is 12.7. The molecule has 7 heteroatoms. The molecule has 22 heavy (non-hydrogen) atoms. The first-order valence-corrected chi connectivity index (χ1v) is 6.99. The minimum absolute atomic E-state index is 0.143. The zero-order valence-electron chi connectivity index (χ0n) is 12.7. The Morgan fingerprint density at radius 1 is 1.36 bits per heavy atom. The maximum absolute atomic E-state index is 12.6. The quantitative estimate of drug-likeness (QED) is 0.681. The third-order valence-corrected chi connectivity index (χ3v) is 3.70. The zero-order chi connectivity index (χ0) is 15.7. The average Bonchev–Trinajstić information content (AvgIpc) is 3.13. The highest BCUT2D eigenvalue weighted by atomic mass is 16.2. The number of aromatic nitrogens is 4. The van der Waals surface area contributed by atoms with Crippen LogP contribution in [-0.4, -0.2) is 32.9 Å². The Hall–Kier alpha value is -2.67. The van der Waals surface area contributed by atoms with Gasteiger partial charge in [0.15, 0.2) is 0 Å². The van der Waals surface area contributed by atoms with Crippen LogP contribution in [0.2, 0.25) is 0 Å². The van der Waals surface area contributed by atoms with E-state index in [4.69, 9.17) is 0 Å². The first-order valence-electron chi connectivity index (χ1n) is 6.99. The van der Waals surface area contributed by atoms with Gasteiger partial charge in [-0.3, -0.25) is 14.6 Å². The van der Waals surface area contributed by atoms with Gasteiger partial charge in [-0.15, -0.1) is 0 Å². The molecule has 0 saturated heterocycles. The molecule has 0 saturated carbocycles. The van der Waals surface area contributed by atoms with E-state index in [1.54, 1.807) is 24.1 Å². The number of carbonyl (C=O) groups is 1. The second-order valence-electron chi connectivity index (χ2n) is 5.25. The smallest absolute Gasteiger partial charge is 0.246 e. The maximum atomic E-state index is 12.6. The lowest BCUT2D eigenvalue weighted by Crippen LogP contribution is -2.30. The van der Waals surface area contributed by atoms with E-state index < -0.39 is 6.04 Å². The van der Waals surface area contributed by atoms with Crippen molar-refractivity contribution in [3.05, 3.63) is 41.9 Å². The number of amides is 1. The number of fused-ring (bicyclic) bond motifs is 1. The van der Waals surface area contributed by atoms with Crippen molar-refractivity contribution in [3.8, 4) is 0 Å². The van der Waals surface area contributed by atoms with Crippen molar-refractivity contribution < 1.29 is 4.79 Å². The summed E-state index contributed by atoms with van der Waals surface area (Å²) in [4.78, 5) is 12.6. The summed E-state index contributed by atoms with van der Waals surface area (Å²) in [5.41, 5.74) is 3.47. The molecule has 7 nitrogen and oxygen atoms in total. The van der Waals surface area contributed by atoms with Crippen LogP contribution < -0.4 is 10.6 Å². The Labute approximate surface area is 127 Å². The van der Waals surface area contributed by atoms with Gasteiger partial charge < -0.3 is 10.6 Å². The summed E-state index contributed by atoms with van der Waals surface area (Å²) in [6, 6.07) is 3.38. The molecule has 1 atom stereocenters. The standard InChI is InChI=1S/C15H18N6O/c1-9-4-5-12(14-11(9)7-17-20-14)19-15(22)13(16-2)10-6-18-21(3)8-10/h4-8,13,16H,1-3H3,(H,17,20)(H,19,22). The number of anilines is 1. The van der Waals surface area contributed by atoms with Gasteiger partial charge in [0.1, 0.15) is 6.04 Å².